The topological polar surface area (TPSA) is 58.6 Å². The molecule has 2 aromatic rings. The van der Waals surface area contributed by atoms with Crippen LogP contribution in [0, 0.1) is 6.92 Å². The molecular formula is C16H15Cl2NO3. The number of rotatable bonds is 4. The van der Waals surface area contributed by atoms with E-state index in [0.29, 0.717) is 27.0 Å². The molecule has 2 aromatic carbocycles. The molecule has 1 amide bonds. The van der Waals surface area contributed by atoms with Crippen molar-refractivity contribution < 1.29 is 14.6 Å². The minimum absolute atomic E-state index is 0.0720. The lowest BCUT2D eigenvalue weighted by Gasteiger charge is -2.17. The Morgan fingerprint density at radius 3 is 2.68 bits per heavy atom. The number of hydrogen-bond acceptors (Lipinski definition) is 3. The Kier molecular flexibility index (Phi) is 5.16. The summed E-state index contributed by atoms with van der Waals surface area (Å²) < 4.78 is 5.58. The van der Waals surface area contributed by atoms with Crippen molar-refractivity contribution in [1.29, 1.82) is 0 Å². The molecule has 0 heterocycles. The van der Waals surface area contributed by atoms with Crippen molar-refractivity contribution in [3.8, 4) is 11.5 Å². The van der Waals surface area contributed by atoms with Crippen LogP contribution in [0.4, 0.5) is 5.69 Å². The fourth-order valence-electron chi connectivity index (χ4n) is 1.80. The molecule has 2 N–H and O–H groups in total. The number of aromatic hydroxyl groups is 1. The van der Waals surface area contributed by atoms with E-state index in [1.165, 1.54) is 12.1 Å². The average Bonchev–Trinajstić information content (AvgIpc) is 2.47. The number of nitrogens with one attached hydrogen (secondary N) is 1. The molecule has 0 fully saturated rings. The molecule has 0 aliphatic carbocycles. The molecule has 6 heteroatoms. The summed E-state index contributed by atoms with van der Waals surface area (Å²) in [7, 11) is 0. The van der Waals surface area contributed by atoms with Crippen molar-refractivity contribution >= 4 is 34.8 Å². The van der Waals surface area contributed by atoms with E-state index in [9.17, 15) is 9.90 Å². The Labute approximate surface area is 138 Å². The Balaban J connectivity index is 2.07. The maximum atomic E-state index is 12.1. The third-order valence-electron chi connectivity index (χ3n) is 3.07. The van der Waals surface area contributed by atoms with Crippen molar-refractivity contribution in [2.24, 2.45) is 0 Å². The molecule has 0 aromatic heterocycles. The highest BCUT2D eigenvalue weighted by Crippen LogP contribution is 2.33. The van der Waals surface area contributed by atoms with Crippen LogP contribution in [0.2, 0.25) is 10.0 Å². The lowest BCUT2D eigenvalue weighted by atomic mass is 10.2. The van der Waals surface area contributed by atoms with Crippen LogP contribution >= 0.6 is 23.2 Å². The third kappa shape index (κ3) is 3.84. The minimum Gasteiger partial charge on any atom is -0.508 e. The van der Waals surface area contributed by atoms with E-state index in [1.54, 1.807) is 38.1 Å². The van der Waals surface area contributed by atoms with Crippen LogP contribution in [0.3, 0.4) is 0 Å². The molecule has 2 rings (SSSR count). The van der Waals surface area contributed by atoms with Crippen molar-refractivity contribution in [2.45, 2.75) is 20.0 Å². The van der Waals surface area contributed by atoms with Gasteiger partial charge in [-0.15, -0.1) is 0 Å². The van der Waals surface area contributed by atoms with E-state index in [2.05, 4.69) is 5.32 Å². The molecule has 0 saturated heterocycles. The van der Waals surface area contributed by atoms with Crippen molar-refractivity contribution in [3.05, 3.63) is 52.0 Å². The second kappa shape index (κ2) is 6.90. The number of benzene rings is 2. The predicted octanol–water partition coefficient (Wildman–Crippen LogP) is 4.41. The van der Waals surface area contributed by atoms with Crippen LogP contribution in [-0.4, -0.2) is 17.1 Å². The summed E-state index contributed by atoms with van der Waals surface area (Å²) in [6.07, 6.45) is -0.763. The monoisotopic (exact) mass is 339 g/mol. The number of halogens is 2. The predicted molar refractivity (Wildman–Crippen MR) is 88.0 cm³/mol. The number of phenols is 1. The SMILES string of the molecule is Cc1c(Cl)ccc(OC(C)C(=O)Nc2cccc(O)c2)c1Cl. The summed E-state index contributed by atoms with van der Waals surface area (Å²) in [6.45, 7) is 3.38. The van der Waals surface area contributed by atoms with E-state index < -0.39 is 6.10 Å². The molecule has 0 radical (unpaired) electrons. The number of amides is 1. The summed E-state index contributed by atoms with van der Waals surface area (Å²) in [6, 6.07) is 9.56. The zero-order valence-corrected chi connectivity index (χ0v) is 13.6. The zero-order chi connectivity index (χ0) is 16.3. The first-order valence-corrected chi connectivity index (χ1v) is 7.35. The van der Waals surface area contributed by atoms with E-state index in [-0.39, 0.29) is 11.7 Å². The first-order valence-electron chi connectivity index (χ1n) is 6.59. The lowest BCUT2D eigenvalue weighted by Crippen LogP contribution is -2.30. The molecule has 0 bridgehead atoms. The first-order chi connectivity index (χ1) is 10.4. The summed E-state index contributed by atoms with van der Waals surface area (Å²) >= 11 is 12.1. The van der Waals surface area contributed by atoms with Gasteiger partial charge in [0.05, 0.1) is 5.02 Å². The molecule has 1 unspecified atom stereocenters. The standard InChI is InChI=1S/C16H15Cl2NO3/c1-9-13(17)6-7-14(15(9)18)22-10(2)16(21)19-11-4-3-5-12(20)8-11/h3-8,10,20H,1-2H3,(H,19,21). The number of carbonyl (C=O) groups excluding carboxylic acids is 1. The van der Waals surface area contributed by atoms with Crippen molar-refractivity contribution in [1.82, 2.24) is 0 Å². The minimum atomic E-state index is -0.763. The van der Waals surface area contributed by atoms with Gasteiger partial charge in [-0.05, 0) is 43.7 Å². The Hall–Kier alpha value is -1.91. The molecule has 116 valence electrons. The highest BCUT2D eigenvalue weighted by molar-refractivity contribution is 6.36. The smallest absolute Gasteiger partial charge is 0.265 e. The van der Waals surface area contributed by atoms with E-state index in [4.69, 9.17) is 27.9 Å². The number of ether oxygens (including phenoxy) is 1. The van der Waals surface area contributed by atoms with Gasteiger partial charge < -0.3 is 15.2 Å². The zero-order valence-electron chi connectivity index (χ0n) is 12.1. The van der Waals surface area contributed by atoms with Gasteiger partial charge in [-0.2, -0.15) is 0 Å². The molecular weight excluding hydrogens is 325 g/mol. The number of carbonyl (C=O) groups is 1. The van der Waals surface area contributed by atoms with E-state index in [1.807, 2.05) is 0 Å². The Bertz CT molecular complexity index is 704. The van der Waals surface area contributed by atoms with Crippen molar-refractivity contribution in [2.75, 3.05) is 5.32 Å². The highest BCUT2D eigenvalue weighted by atomic mass is 35.5. The molecule has 1 atom stereocenters. The van der Waals surface area contributed by atoms with Gasteiger partial charge >= 0.3 is 0 Å². The second-order valence-corrected chi connectivity index (χ2v) is 5.57. The quantitative estimate of drug-likeness (QED) is 0.867. The Morgan fingerprint density at radius 2 is 2.00 bits per heavy atom. The van der Waals surface area contributed by atoms with Gasteiger partial charge in [-0.3, -0.25) is 4.79 Å². The van der Waals surface area contributed by atoms with E-state index >= 15 is 0 Å². The first kappa shape index (κ1) is 16.5. The number of hydrogen-bond donors (Lipinski definition) is 2. The van der Waals surface area contributed by atoms with E-state index in [0.717, 1.165) is 0 Å². The van der Waals surface area contributed by atoms with Crippen molar-refractivity contribution in [3.63, 3.8) is 0 Å². The summed E-state index contributed by atoms with van der Waals surface area (Å²) in [5.41, 5.74) is 1.18. The largest absolute Gasteiger partial charge is 0.508 e. The van der Waals surface area contributed by atoms with Gasteiger partial charge in [-0.25, -0.2) is 0 Å². The maximum absolute atomic E-state index is 12.1. The molecule has 0 aliphatic heterocycles. The van der Waals surface area contributed by atoms with Crippen LogP contribution < -0.4 is 10.1 Å². The molecule has 0 aliphatic rings. The number of phenolic OH excluding ortho intramolecular Hbond substituents is 1. The van der Waals surface area contributed by atoms with Crippen LogP contribution in [-0.2, 0) is 4.79 Å². The van der Waals surface area contributed by atoms with Gasteiger partial charge in [0.15, 0.2) is 6.10 Å². The van der Waals surface area contributed by atoms with Gasteiger partial charge in [0.2, 0.25) is 0 Å². The van der Waals surface area contributed by atoms with Gasteiger partial charge in [0, 0.05) is 16.8 Å². The molecule has 22 heavy (non-hydrogen) atoms. The number of anilines is 1. The van der Waals surface area contributed by atoms with Crippen LogP contribution in [0.1, 0.15) is 12.5 Å². The third-order valence-corrected chi connectivity index (χ3v) is 3.95. The molecule has 4 nitrogen and oxygen atoms in total. The Morgan fingerprint density at radius 1 is 1.27 bits per heavy atom. The highest BCUT2D eigenvalue weighted by Gasteiger charge is 2.17. The van der Waals surface area contributed by atoms with Gasteiger partial charge in [0.25, 0.3) is 5.91 Å². The van der Waals surface area contributed by atoms with Crippen LogP contribution in [0.5, 0.6) is 11.5 Å². The normalized spacial score (nSPS) is 11.8. The second-order valence-electron chi connectivity index (χ2n) is 4.78. The van der Waals surface area contributed by atoms with Crippen LogP contribution in [0.25, 0.3) is 0 Å². The average molecular weight is 340 g/mol. The van der Waals surface area contributed by atoms with Crippen LogP contribution in [0.15, 0.2) is 36.4 Å². The molecule has 0 saturated carbocycles. The summed E-state index contributed by atoms with van der Waals surface area (Å²) in [5.74, 6) is 0.110. The fraction of sp³-hybridized carbons (Fsp3) is 0.188. The summed E-state index contributed by atoms with van der Waals surface area (Å²) in [4.78, 5) is 12.1. The maximum Gasteiger partial charge on any atom is 0.265 e. The van der Waals surface area contributed by atoms with Gasteiger partial charge in [0.1, 0.15) is 11.5 Å². The fourth-order valence-corrected chi connectivity index (χ4v) is 2.21. The summed E-state index contributed by atoms with van der Waals surface area (Å²) in [5, 5.41) is 13.0. The molecule has 0 spiro atoms. The van der Waals surface area contributed by atoms with Gasteiger partial charge in [-0.1, -0.05) is 29.3 Å². The lowest BCUT2D eigenvalue weighted by molar-refractivity contribution is -0.122.